The van der Waals surface area contributed by atoms with E-state index in [0.29, 0.717) is 29.3 Å². The number of nitrogens with zero attached hydrogens (tertiary/aromatic N) is 3. The number of hydrogen-bond donors (Lipinski definition) is 1. The molecule has 2 heterocycles. The predicted molar refractivity (Wildman–Crippen MR) is 112 cm³/mol. The summed E-state index contributed by atoms with van der Waals surface area (Å²) in [4.78, 5) is 33.5. The number of carbonyl (C=O) groups excluding carboxylic acids is 2. The van der Waals surface area contributed by atoms with Gasteiger partial charge in [0.25, 0.3) is 0 Å². The highest BCUT2D eigenvalue weighted by atomic mass is 35.5. The molecule has 1 saturated heterocycles. The van der Waals surface area contributed by atoms with Crippen LogP contribution in [-0.2, 0) is 20.9 Å². The molecule has 0 radical (unpaired) electrons. The van der Waals surface area contributed by atoms with E-state index in [4.69, 9.17) is 16.3 Å². The minimum Gasteiger partial charge on any atom is -0.381 e. The number of carbonyl (C=O) groups is 2. The molecule has 1 fully saturated rings. The Hall–Kier alpha value is -2.51. The zero-order valence-electron chi connectivity index (χ0n) is 16.7. The third-order valence-corrected chi connectivity index (χ3v) is 5.03. The Morgan fingerprint density at radius 1 is 1.21 bits per heavy atom. The fourth-order valence-corrected chi connectivity index (χ4v) is 3.40. The van der Waals surface area contributed by atoms with Crippen molar-refractivity contribution in [2.75, 3.05) is 25.1 Å². The summed E-state index contributed by atoms with van der Waals surface area (Å²) in [7, 11) is 0. The Kier molecular flexibility index (Phi) is 7.17. The van der Waals surface area contributed by atoms with Crippen molar-refractivity contribution >= 4 is 29.2 Å². The van der Waals surface area contributed by atoms with Crippen LogP contribution >= 0.6 is 11.6 Å². The Balaban J connectivity index is 1.74. The number of hydrogen-bond acceptors (Lipinski definition) is 6. The van der Waals surface area contributed by atoms with Gasteiger partial charge in [0.1, 0.15) is 5.78 Å². The van der Waals surface area contributed by atoms with Crippen molar-refractivity contribution in [3.63, 3.8) is 0 Å². The van der Waals surface area contributed by atoms with Crippen LogP contribution in [0.25, 0.3) is 11.3 Å². The molecular weight excluding hydrogens is 392 g/mol. The van der Waals surface area contributed by atoms with Gasteiger partial charge >= 0.3 is 0 Å². The molecule has 154 valence electrons. The molecule has 0 aliphatic carbocycles. The second-order valence-corrected chi connectivity index (χ2v) is 7.60. The number of benzene rings is 1. The molecule has 0 saturated carbocycles. The second-order valence-electron chi connectivity index (χ2n) is 7.20. The lowest BCUT2D eigenvalue weighted by Gasteiger charge is -2.23. The maximum Gasteiger partial charge on any atom is 0.223 e. The molecule has 7 nitrogen and oxygen atoms in total. The zero-order chi connectivity index (χ0) is 20.8. The molecule has 1 aromatic heterocycles. The van der Waals surface area contributed by atoms with Crippen LogP contribution in [0.3, 0.4) is 0 Å². The molecule has 1 aliphatic rings. The quantitative estimate of drug-likeness (QED) is 0.745. The molecule has 0 bridgehead atoms. The number of anilines is 1. The van der Waals surface area contributed by atoms with Crippen molar-refractivity contribution in [1.29, 1.82) is 0 Å². The fraction of sp³-hybridized carbons (Fsp3) is 0.429. The van der Waals surface area contributed by atoms with Gasteiger partial charge in [-0.2, -0.15) is 0 Å². The van der Waals surface area contributed by atoms with Gasteiger partial charge in [0.05, 0.1) is 23.5 Å². The first kappa shape index (κ1) is 21.2. The minimum atomic E-state index is -0.132. The number of aromatic nitrogens is 2. The van der Waals surface area contributed by atoms with Gasteiger partial charge in [-0.3, -0.25) is 9.59 Å². The SMILES string of the molecule is CC(=O)CN(Cc1ccc(-c2nc(NC3CCOCC3)ncc2Cl)cc1)C(C)=O. The first-order valence-corrected chi connectivity index (χ1v) is 10.0. The summed E-state index contributed by atoms with van der Waals surface area (Å²) < 4.78 is 5.38. The van der Waals surface area contributed by atoms with E-state index in [1.807, 2.05) is 24.3 Å². The standard InChI is InChI=1S/C21H25ClN4O3/c1-14(27)12-26(15(2)28)13-16-3-5-17(6-4-16)20-19(22)11-23-21(25-20)24-18-7-9-29-10-8-18/h3-6,11,18H,7-10,12-13H2,1-2H3,(H,23,24,25). The molecule has 1 N–H and O–H groups in total. The van der Waals surface area contributed by atoms with Gasteiger partial charge in [-0.05, 0) is 25.3 Å². The van der Waals surface area contributed by atoms with Crippen molar-refractivity contribution in [1.82, 2.24) is 14.9 Å². The van der Waals surface area contributed by atoms with E-state index < -0.39 is 0 Å². The van der Waals surface area contributed by atoms with Crippen LogP contribution in [-0.4, -0.2) is 52.4 Å². The van der Waals surface area contributed by atoms with E-state index in [1.54, 1.807) is 6.20 Å². The highest BCUT2D eigenvalue weighted by Gasteiger charge is 2.16. The summed E-state index contributed by atoms with van der Waals surface area (Å²) in [6.45, 7) is 4.90. The van der Waals surface area contributed by atoms with E-state index >= 15 is 0 Å². The Morgan fingerprint density at radius 3 is 2.52 bits per heavy atom. The number of Topliss-reactive ketones (excluding diaryl/α,β-unsaturated/α-hetero) is 1. The highest BCUT2D eigenvalue weighted by Crippen LogP contribution is 2.27. The molecule has 0 spiro atoms. The van der Waals surface area contributed by atoms with E-state index in [0.717, 1.165) is 37.2 Å². The first-order chi connectivity index (χ1) is 13.9. The third kappa shape index (κ3) is 5.98. The smallest absolute Gasteiger partial charge is 0.223 e. The van der Waals surface area contributed by atoms with Crippen LogP contribution in [0, 0.1) is 0 Å². The van der Waals surface area contributed by atoms with Crippen molar-refractivity contribution in [2.45, 2.75) is 39.3 Å². The van der Waals surface area contributed by atoms with Gasteiger partial charge in [0.15, 0.2) is 0 Å². The lowest BCUT2D eigenvalue weighted by atomic mass is 10.1. The Labute approximate surface area is 175 Å². The van der Waals surface area contributed by atoms with E-state index in [-0.39, 0.29) is 18.2 Å². The number of nitrogens with one attached hydrogen (secondary N) is 1. The van der Waals surface area contributed by atoms with Gasteiger partial charge in [0.2, 0.25) is 11.9 Å². The summed E-state index contributed by atoms with van der Waals surface area (Å²) in [5.74, 6) is 0.366. The molecule has 2 aromatic rings. The fourth-order valence-electron chi connectivity index (χ4n) is 3.20. The second kappa shape index (κ2) is 9.80. The van der Waals surface area contributed by atoms with Crippen LogP contribution in [0.5, 0.6) is 0 Å². The molecule has 0 atom stereocenters. The zero-order valence-corrected chi connectivity index (χ0v) is 17.4. The van der Waals surface area contributed by atoms with E-state index in [9.17, 15) is 9.59 Å². The van der Waals surface area contributed by atoms with Gasteiger partial charge in [-0.15, -0.1) is 0 Å². The van der Waals surface area contributed by atoms with Crippen LogP contribution in [0.4, 0.5) is 5.95 Å². The molecular formula is C21H25ClN4O3. The normalized spacial score (nSPS) is 14.4. The highest BCUT2D eigenvalue weighted by molar-refractivity contribution is 6.32. The summed E-state index contributed by atoms with van der Waals surface area (Å²) in [5.41, 5.74) is 2.43. The summed E-state index contributed by atoms with van der Waals surface area (Å²) in [6.07, 6.45) is 3.44. The Bertz CT molecular complexity index is 867. The number of rotatable bonds is 7. The van der Waals surface area contributed by atoms with Crippen LogP contribution in [0.2, 0.25) is 5.02 Å². The first-order valence-electron chi connectivity index (χ1n) is 9.63. The molecule has 3 rings (SSSR count). The molecule has 1 aliphatic heterocycles. The topological polar surface area (TPSA) is 84.4 Å². The van der Waals surface area contributed by atoms with Crippen LogP contribution in [0.15, 0.2) is 30.5 Å². The van der Waals surface area contributed by atoms with Crippen LogP contribution in [0.1, 0.15) is 32.3 Å². The van der Waals surface area contributed by atoms with Crippen molar-refractivity contribution in [3.05, 3.63) is 41.0 Å². The maximum atomic E-state index is 11.7. The summed E-state index contributed by atoms with van der Waals surface area (Å²) >= 11 is 6.33. The number of ketones is 1. The molecule has 8 heteroatoms. The Morgan fingerprint density at radius 2 is 1.90 bits per heavy atom. The molecule has 0 unspecified atom stereocenters. The van der Waals surface area contributed by atoms with Gasteiger partial charge in [-0.25, -0.2) is 9.97 Å². The summed E-state index contributed by atoms with van der Waals surface area (Å²) in [5, 5.41) is 3.82. The molecule has 1 amide bonds. The van der Waals surface area contributed by atoms with Crippen LogP contribution < -0.4 is 5.32 Å². The number of amides is 1. The average molecular weight is 417 g/mol. The van der Waals surface area contributed by atoms with Gasteiger partial charge in [0, 0.05) is 38.3 Å². The number of ether oxygens (including phenoxy) is 1. The monoisotopic (exact) mass is 416 g/mol. The van der Waals surface area contributed by atoms with Crippen molar-refractivity contribution in [2.24, 2.45) is 0 Å². The predicted octanol–water partition coefficient (Wildman–Crippen LogP) is 3.33. The van der Waals surface area contributed by atoms with E-state index in [2.05, 4.69) is 15.3 Å². The third-order valence-electron chi connectivity index (χ3n) is 4.76. The minimum absolute atomic E-state index is 0.0471. The van der Waals surface area contributed by atoms with Gasteiger partial charge in [-0.1, -0.05) is 35.9 Å². The average Bonchev–Trinajstić information content (AvgIpc) is 2.70. The van der Waals surface area contributed by atoms with Gasteiger partial charge < -0.3 is 15.0 Å². The summed E-state index contributed by atoms with van der Waals surface area (Å²) in [6, 6.07) is 7.94. The number of halogens is 1. The largest absolute Gasteiger partial charge is 0.381 e. The van der Waals surface area contributed by atoms with Crippen molar-refractivity contribution < 1.29 is 14.3 Å². The van der Waals surface area contributed by atoms with Crippen molar-refractivity contribution in [3.8, 4) is 11.3 Å². The van der Waals surface area contributed by atoms with E-state index in [1.165, 1.54) is 18.7 Å². The lowest BCUT2D eigenvalue weighted by molar-refractivity contribution is -0.133. The molecule has 29 heavy (non-hydrogen) atoms. The maximum absolute atomic E-state index is 11.7. The lowest BCUT2D eigenvalue weighted by Crippen LogP contribution is -2.32. The molecule has 1 aromatic carbocycles.